The largest absolute Gasteiger partial charge is 0.384 e. The molecule has 8 heteroatoms. The van der Waals surface area contributed by atoms with Crippen LogP contribution in [0.1, 0.15) is 19.4 Å². The summed E-state index contributed by atoms with van der Waals surface area (Å²) in [5, 5.41) is 3.12. The van der Waals surface area contributed by atoms with E-state index in [4.69, 9.17) is 4.98 Å². The van der Waals surface area contributed by atoms with Crippen LogP contribution in [0.5, 0.6) is 0 Å². The molecule has 0 aliphatic rings. The molecule has 28 heavy (non-hydrogen) atoms. The molecule has 3 aromatic rings. The van der Waals surface area contributed by atoms with E-state index in [-0.39, 0.29) is 5.75 Å². The van der Waals surface area contributed by atoms with Crippen molar-refractivity contribution in [1.29, 1.82) is 0 Å². The Morgan fingerprint density at radius 2 is 2.07 bits per heavy atom. The lowest BCUT2D eigenvalue weighted by Gasteiger charge is -2.15. The van der Waals surface area contributed by atoms with E-state index in [9.17, 15) is 13.2 Å². The molecule has 0 saturated heterocycles. The highest BCUT2D eigenvalue weighted by Gasteiger charge is 2.20. The molecule has 2 aromatic heterocycles. The number of fused-ring (bicyclic) bond motifs is 1. The van der Waals surface area contributed by atoms with Crippen LogP contribution in [0.3, 0.4) is 0 Å². The summed E-state index contributed by atoms with van der Waals surface area (Å²) in [6, 6.07) is 7.61. The minimum Gasteiger partial charge on any atom is -0.384 e. The van der Waals surface area contributed by atoms with Crippen LogP contribution in [0, 0.1) is 5.41 Å². The molecule has 2 N–H and O–H groups in total. The molecule has 0 aliphatic carbocycles. The van der Waals surface area contributed by atoms with Gasteiger partial charge in [-0.15, -0.1) is 0 Å². The second-order valence-corrected chi connectivity index (χ2v) is 9.95. The molecular formula is C20H24N4O3S. The SMILES string of the molecule is CC(C)(C=O)Cc1c[nH]c2ncc(-c3cccc(NCCS(C)(=O)=O)c3)nc12. The molecule has 0 aliphatic heterocycles. The number of anilines is 1. The number of nitrogens with zero attached hydrogens (tertiary/aromatic N) is 2. The lowest BCUT2D eigenvalue weighted by molar-refractivity contribution is -0.114. The van der Waals surface area contributed by atoms with Crippen molar-refractivity contribution in [2.75, 3.05) is 23.9 Å². The maximum Gasteiger partial charge on any atom is 0.156 e. The van der Waals surface area contributed by atoms with Crippen molar-refractivity contribution in [1.82, 2.24) is 15.0 Å². The van der Waals surface area contributed by atoms with Gasteiger partial charge in [0.15, 0.2) is 5.65 Å². The molecule has 0 amide bonds. The van der Waals surface area contributed by atoms with Crippen LogP contribution in [-0.2, 0) is 21.1 Å². The Labute approximate surface area is 164 Å². The normalized spacial score (nSPS) is 12.2. The number of carbonyl (C=O) groups is 1. The first-order valence-electron chi connectivity index (χ1n) is 8.98. The van der Waals surface area contributed by atoms with Crippen molar-refractivity contribution in [3.63, 3.8) is 0 Å². The number of aldehydes is 1. The third-order valence-electron chi connectivity index (χ3n) is 4.39. The van der Waals surface area contributed by atoms with Crippen molar-refractivity contribution in [2.24, 2.45) is 5.41 Å². The summed E-state index contributed by atoms with van der Waals surface area (Å²) in [6.45, 7) is 4.12. The molecule has 148 valence electrons. The van der Waals surface area contributed by atoms with Crippen LogP contribution in [0.4, 0.5) is 5.69 Å². The van der Waals surface area contributed by atoms with Crippen molar-refractivity contribution >= 4 is 33.0 Å². The van der Waals surface area contributed by atoms with Gasteiger partial charge in [0.1, 0.15) is 21.6 Å². The second kappa shape index (κ2) is 7.71. The average Bonchev–Trinajstić information content (AvgIpc) is 3.02. The molecule has 0 radical (unpaired) electrons. The van der Waals surface area contributed by atoms with Gasteiger partial charge in [-0.1, -0.05) is 26.0 Å². The van der Waals surface area contributed by atoms with Crippen molar-refractivity contribution in [2.45, 2.75) is 20.3 Å². The minimum atomic E-state index is -3.01. The molecule has 0 saturated carbocycles. The Kier molecular flexibility index (Phi) is 5.51. The average molecular weight is 401 g/mol. The minimum absolute atomic E-state index is 0.0716. The Hall–Kier alpha value is -2.74. The van der Waals surface area contributed by atoms with Gasteiger partial charge in [0, 0.05) is 35.7 Å². The van der Waals surface area contributed by atoms with Gasteiger partial charge in [-0.3, -0.25) is 0 Å². The molecule has 0 spiro atoms. The Morgan fingerprint density at radius 3 is 2.79 bits per heavy atom. The smallest absolute Gasteiger partial charge is 0.156 e. The van der Waals surface area contributed by atoms with Crippen LogP contribution >= 0.6 is 0 Å². The first kappa shape index (κ1) is 20.0. The van der Waals surface area contributed by atoms with E-state index in [2.05, 4.69) is 15.3 Å². The molecular weight excluding hydrogens is 376 g/mol. The van der Waals surface area contributed by atoms with Gasteiger partial charge in [0.25, 0.3) is 0 Å². The summed E-state index contributed by atoms with van der Waals surface area (Å²) in [5.74, 6) is 0.0716. The fourth-order valence-electron chi connectivity index (χ4n) is 2.92. The number of benzene rings is 1. The maximum absolute atomic E-state index is 11.3. The van der Waals surface area contributed by atoms with Gasteiger partial charge < -0.3 is 15.1 Å². The maximum atomic E-state index is 11.3. The number of aromatic amines is 1. The van der Waals surface area contributed by atoms with Gasteiger partial charge in [0.05, 0.1) is 17.6 Å². The second-order valence-electron chi connectivity index (χ2n) is 7.69. The molecule has 1 aromatic carbocycles. The first-order chi connectivity index (χ1) is 13.2. The summed E-state index contributed by atoms with van der Waals surface area (Å²) >= 11 is 0. The van der Waals surface area contributed by atoms with Crippen molar-refractivity contribution < 1.29 is 13.2 Å². The third kappa shape index (κ3) is 4.95. The number of hydrogen-bond donors (Lipinski definition) is 2. The topological polar surface area (TPSA) is 105 Å². The lowest BCUT2D eigenvalue weighted by Crippen LogP contribution is -2.16. The third-order valence-corrected chi connectivity index (χ3v) is 5.33. The van der Waals surface area contributed by atoms with Crippen LogP contribution in [-0.4, -0.2) is 48.2 Å². The summed E-state index contributed by atoms with van der Waals surface area (Å²) in [6.07, 6.45) is 6.29. The number of rotatable bonds is 8. The van der Waals surface area contributed by atoms with Crippen molar-refractivity contribution in [3.8, 4) is 11.3 Å². The van der Waals surface area contributed by atoms with Gasteiger partial charge >= 0.3 is 0 Å². The standard InChI is InChI=1S/C20H24N4O3S/c1-20(2,13-25)10-15-11-22-19-18(15)24-17(12-23-19)14-5-4-6-16(9-14)21-7-8-28(3,26)27/h4-6,9,11-13,21H,7-8,10H2,1-3H3,(H,22,23). The Balaban J connectivity index is 1.87. The predicted molar refractivity (Wildman–Crippen MR) is 111 cm³/mol. The Bertz CT molecular complexity index is 1100. The van der Waals surface area contributed by atoms with E-state index in [0.717, 1.165) is 28.6 Å². The fraction of sp³-hybridized carbons (Fsp3) is 0.350. The van der Waals surface area contributed by atoms with Gasteiger partial charge in [-0.2, -0.15) is 0 Å². The number of H-pyrrole nitrogens is 1. The number of hydrogen-bond acceptors (Lipinski definition) is 6. The molecule has 3 rings (SSSR count). The molecule has 7 nitrogen and oxygen atoms in total. The van der Waals surface area contributed by atoms with Crippen LogP contribution in [0.25, 0.3) is 22.4 Å². The molecule has 0 atom stereocenters. The highest BCUT2D eigenvalue weighted by atomic mass is 32.2. The summed E-state index contributed by atoms with van der Waals surface area (Å²) in [7, 11) is -3.01. The van der Waals surface area contributed by atoms with E-state index in [1.54, 1.807) is 6.20 Å². The highest BCUT2D eigenvalue weighted by molar-refractivity contribution is 7.90. The summed E-state index contributed by atoms with van der Waals surface area (Å²) < 4.78 is 22.6. The predicted octanol–water partition coefficient (Wildman–Crippen LogP) is 2.85. The number of nitrogens with one attached hydrogen (secondary N) is 2. The molecule has 0 fully saturated rings. The van der Waals surface area contributed by atoms with Gasteiger partial charge in [0.2, 0.25) is 0 Å². The van der Waals surface area contributed by atoms with Crippen LogP contribution < -0.4 is 5.32 Å². The molecule has 2 heterocycles. The zero-order valence-electron chi connectivity index (χ0n) is 16.2. The molecule has 0 bridgehead atoms. The Morgan fingerprint density at radius 1 is 1.29 bits per heavy atom. The highest BCUT2D eigenvalue weighted by Crippen LogP contribution is 2.27. The van der Waals surface area contributed by atoms with E-state index in [1.807, 2.05) is 44.3 Å². The fourth-order valence-corrected chi connectivity index (χ4v) is 3.39. The zero-order valence-corrected chi connectivity index (χ0v) is 17.0. The first-order valence-corrected chi connectivity index (χ1v) is 11.0. The van der Waals surface area contributed by atoms with E-state index < -0.39 is 15.3 Å². The monoisotopic (exact) mass is 400 g/mol. The summed E-state index contributed by atoms with van der Waals surface area (Å²) in [5.41, 5.74) is 4.31. The van der Waals surface area contributed by atoms with Crippen LogP contribution in [0.15, 0.2) is 36.7 Å². The van der Waals surface area contributed by atoms with E-state index in [0.29, 0.717) is 24.3 Å². The molecule has 0 unspecified atom stereocenters. The number of carbonyl (C=O) groups excluding carboxylic acids is 1. The van der Waals surface area contributed by atoms with Gasteiger partial charge in [-0.25, -0.2) is 18.4 Å². The number of sulfone groups is 1. The quantitative estimate of drug-likeness (QED) is 0.564. The van der Waals surface area contributed by atoms with E-state index >= 15 is 0 Å². The van der Waals surface area contributed by atoms with E-state index in [1.165, 1.54) is 6.26 Å². The zero-order chi connectivity index (χ0) is 20.4. The summed E-state index contributed by atoms with van der Waals surface area (Å²) in [4.78, 5) is 23.6. The lowest BCUT2D eigenvalue weighted by atomic mass is 9.88. The van der Waals surface area contributed by atoms with Crippen molar-refractivity contribution in [3.05, 3.63) is 42.2 Å². The van der Waals surface area contributed by atoms with Gasteiger partial charge in [-0.05, 0) is 24.1 Å². The number of aromatic nitrogens is 3. The van der Waals surface area contributed by atoms with Crippen LogP contribution in [0.2, 0.25) is 0 Å².